The number of hydrogen-bond acceptors (Lipinski definition) is 3. The third kappa shape index (κ3) is 2.58. The van der Waals surface area contributed by atoms with Crippen LogP contribution >= 0.6 is 15.9 Å². The van der Waals surface area contributed by atoms with Gasteiger partial charge in [0.2, 0.25) is 0 Å². The number of aryl methyl sites for hydroxylation is 1. The van der Waals surface area contributed by atoms with Crippen LogP contribution in [-0.4, -0.2) is 28.0 Å². The van der Waals surface area contributed by atoms with Crippen molar-refractivity contribution in [2.24, 2.45) is 13.0 Å². The summed E-state index contributed by atoms with van der Waals surface area (Å²) in [5, 5.41) is 8.33. The zero-order chi connectivity index (χ0) is 13.2. The molecule has 2 atom stereocenters. The minimum absolute atomic E-state index is 0.243. The molecular formula is C14H16BrN3O. The van der Waals surface area contributed by atoms with Crippen LogP contribution in [-0.2, 0) is 11.8 Å². The van der Waals surface area contributed by atoms with Gasteiger partial charge in [-0.2, -0.15) is 0 Å². The van der Waals surface area contributed by atoms with E-state index in [4.69, 9.17) is 4.74 Å². The molecule has 0 radical (unpaired) electrons. The first-order chi connectivity index (χ1) is 9.25. The van der Waals surface area contributed by atoms with Crippen molar-refractivity contribution < 1.29 is 4.74 Å². The highest BCUT2D eigenvalue weighted by Gasteiger charge is 2.31. The molecule has 1 saturated heterocycles. The number of rotatable bonds is 3. The van der Waals surface area contributed by atoms with Gasteiger partial charge in [-0.25, -0.2) is 0 Å². The molecule has 1 aromatic carbocycles. The molecule has 4 nitrogen and oxygen atoms in total. The molecule has 0 N–H and O–H groups in total. The second kappa shape index (κ2) is 5.43. The molecule has 0 amide bonds. The fourth-order valence-electron chi connectivity index (χ4n) is 2.72. The van der Waals surface area contributed by atoms with Crippen molar-refractivity contribution in [2.75, 3.05) is 13.2 Å². The topological polar surface area (TPSA) is 39.9 Å². The largest absolute Gasteiger partial charge is 0.381 e. The summed E-state index contributed by atoms with van der Waals surface area (Å²) in [5.41, 5.74) is 1.26. The number of hydrogen-bond donors (Lipinski definition) is 0. The summed E-state index contributed by atoms with van der Waals surface area (Å²) in [4.78, 5) is 0. The van der Waals surface area contributed by atoms with Crippen LogP contribution in [0.3, 0.4) is 0 Å². The van der Waals surface area contributed by atoms with Crippen molar-refractivity contribution >= 4 is 15.9 Å². The number of aromatic nitrogens is 3. The van der Waals surface area contributed by atoms with E-state index in [9.17, 15) is 0 Å². The molecule has 0 bridgehead atoms. The first-order valence-corrected chi connectivity index (χ1v) is 7.22. The zero-order valence-corrected chi connectivity index (χ0v) is 12.4. The van der Waals surface area contributed by atoms with Crippen LogP contribution in [0.4, 0.5) is 0 Å². The summed E-state index contributed by atoms with van der Waals surface area (Å²) in [7, 11) is 2.00. The quantitative estimate of drug-likeness (QED) is 0.872. The van der Waals surface area contributed by atoms with Crippen LogP contribution in [0.1, 0.15) is 23.7 Å². The van der Waals surface area contributed by atoms with Crippen molar-refractivity contribution in [1.29, 1.82) is 0 Å². The standard InChI is InChI=1S/C14H16BrN3O/c1-18-9-16-17-14(18)13(11-5-6-19-8-11)10-3-2-4-12(15)7-10/h2-4,7,9,11,13H,5-6,8H2,1H3. The molecule has 19 heavy (non-hydrogen) atoms. The molecule has 5 heteroatoms. The maximum absolute atomic E-state index is 5.56. The van der Waals surface area contributed by atoms with Gasteiger partial charge >= 0.3 is 0 Å². The number of ether oxygens (including phenoxy) is 1. The minimum atomic E-state index is 0.243. The highest BCUT2D eigenvalue weighted by molar-refractivity contribution is 9.10. The summed E-state index contributed by atoms with van der Waals surface area (Å²) in [6.07, 6.45) is 2.83. The lowest BCUT2D eigenvalue weighted by atomic mass is 9.85. The minimum Gasteiger partial charge on any atom is -0.381 e. The zero-order valence-electron chi connectivity index (χ0n) is 10.8. The summed E-state index contributed by atoms with van der Waals surface area (Å²) in [6.45, 7) is 1.64. The van der Waals surface area contributed by atoms with E-state index in [1.54, 1.807) is 6.33 Å². The Hall–Kier alpha value is -1.20. The Labute approximate surface area is 120 Å². The highest BCUT2D eigenvalue weighted by Crippen LogP contribution is 2.36. The predicted octanol–water partition coefficient (Wildman–Crippen LogP) is 2.75. The lowest BCUT2D eigenvalue weighted by Gasteiger charge is -2.22. The van der Waals surface area contributed by atoms with E-state index >= 15 is 0 Å². The second-order valence-electron chi connectivity index (χ2n) is 4.96. The molecule has 100 valence electrons. The van der Waals surface area contributed by atoms with Crippen molar-refractivity contribution in [1.82, 2.24) is 14.8 Å². The van der Waals surface area contributed by atoms with Gasteiger partial charge in [0.15, 0.2) is 0 Å². The van der Waals surface area contributed by atoms with Gasteiger partial charge in [-0.15, -0.1) is 10.2 Å². The number of nitrogens with zero attached hydrogens (tertiary/aromatic N) is 3. The Morgan fingerprint density at radius 2 is 2.37 bits per heavy atom. The van der Waals surface area contributed by atoms with Gasteiger partial charge in [0.25, 0.3) is 0 Å². The normalized spacial score (nSPS) is 20.6. The van der Waals surface area contributed by atoms with E-state index < -0.39 is 0 Å². The van der Waals surface area contributed by atoms with Crippen molar-refractivity contribution in [3.05, 3.63) is 46.5 Å². The van der Waals surface area contributed by atoms with E-state index in [1.807, 2.05) is 17.7 Å². The van der Waals surface area contributed by atoms with Crippen molar-refractivity contribution in [2.45, 2.75) is 12.3 Å². The molecule has 1 fully saturated rings. The van der Waals surface area contributed by atoms with Crippen LogP contribution in [0, 0.1) is 5.92 Å². The Balaban J connectivity index is 2.03. The van der Waals surface area contributed by atoms with Gasteiger partial charge in [0, 0.05) is 24.0 Å². The molecule has 0 aliphatic carbocycles. The molecule has 0 saturated carbocycles. The van der Waals surface area contributed by atoms with Crippen molar-refractivity contribution in [3.8, 4) is 0 Å². The summed E-state index contributed by atoms with van der Waals surface area (Å²) >= 11 is 3.55. The lowest BCUT2D eigenvalue weighted by Crippen LogP contribution is -2.18. The maximum atomic E-state index is 5.56. The van der Waals surface area contributed by atoms with Crippen molar-refractivity contribution in [3.63, 3.8) is 0 Å². The Bertz CT molecular complexity index is 563. The van der Waals surface area contributed by atoms with E-state index in [1.165, 1.54) is 5.56 Å². The van der Waals surface area contributed by atoms with E-state index in [0.29, 0.717) is 5.92 Å². The van der Waals surface area contributed by atoms with E-state index in [2.05, 4.69) is 44.3 Å². The van der Waals surface area contributed by atoms with E-state index in [0.717, 1.165) is 29.9 Å². The van der Waals surface area contributed by atoms with Crippen LogP contribution in [0.25, 0.3) is 0 Å². The molecule has 3 rings (SSSR count). The molecule has 0 spiro atoms. The SMILES string of the molecule is Cn1cnnc1C(c1cccc(Br)c1)C1CCOC1. The van der Waals surface area contributed by atoms with Gasteiger partial charge in [-0.3, -0.25) is 0 Å². The smallest absolute Gasteiger partial charge is 0.140 e. The monoisotopic (exact) mass is 321 g/mol. The second-order valence-corrected chi connectivity index (χ2v) is 5.87. The first-order valence-electron chi connectivity index (χ1n) is 6.43. The molecular weight excluding hydrogens is 306 g/mol. The average molecular weight is 322 g/mol. The Morgan fingerprint density at radius 1 is 1.47 bits per heavy atom. The maximum Gasteiger partial charge on any atom is 0.140 e. The lowest BCUT2D eigenvalue weighted by molar-refractivity contribution is 0.182. The summed E-state index contributed by atoms with van der Waals surface area (Å²) < 4.78 is 8.66. The van der Waals surface area contributed by atoms with Crippen LogP contribution < -0.4 is 0 Å². The molecule has 2 unspecified atom stereocenters. The van der Waals surface area contributed by atoms with Crippen LogP contribution in [0.5, 0.6) is 0 Å². The molecule has 1 aromatic heterocycles. The molecule has 2 aromatic rings. The first kappa shape index (κ1) is 12.8. The van der Waals surface area contributed by atoms with Gasteiger partial charge in [-0.1, -0.05) is 28.1 Å². The highest BCUT2D eigenvalue weighted by atomic mass is 79.9. The van der Waals surface area contributed by atoms with E-state index in [-0.39, 0.29) is 5.92 Å². The number of halogens is 1. The molecule has 2 heterocycles. The Morgan fingerprint density at radius 3 is 3.00 bits per heavy atom. The average Bonchev–Trinajstić information content (AvgIpc) is 3.03. The third-order valence-electron chi connectivity index (χ3n) is 3.67. The van der Waals surface area contributed by atoms with Gasteiger partial charge < -0.3 is 9.30 Å². The van der Waals surface area contributed by atoms with Crippen LogP contribution in [0.2, 0.25) is 0 Å². The van der Waals surface area contributed by atoms with Gasteiger partial charge in [-0.05, 0) is 30.0 Å². The Kier molecular flexibility index (Phi) is 3.66. The fourth-order valence-corrected chi connectivity index (χ4v) is 3.14. The summed E-state index contributed by atoms with van der Waals surface area (Å²) in [5.74, 6) is 1.72. The van der Waals surface area contributed by atoms with Gasteiger partial charge in [0.1, 0.15) is 12.2 Å². The number of benzene rings is 1. The fraction of sp³-hybridized carbons (Fsp3) is 0.429. The van der Waals surface area contributed by atoms with Gasteiger partial charge in [0.05, 0.1) is 6.61 Å². The molecule has 1 aliphatic heterocycles. The third-order valence-corrected chi connectivity index (χ3v) is 4.16. The van der Waals surface area contributed by atoms with Crippen LogP contribution in [0.15, 0.2) is 35.1 Å². The summed E-state index contributed by atoms with van der Waals surface area (Å²) in [6, 6.07) is 8.43. The predicted molar refractivity (Wildman–Crippen MR) is 75.9 cm³/mol. The molecule has 1 aliphatic rings.